The van der Waals surface area contributed by atoms with Crippen LogP contribution >= 0.6 is 0 Å². The molecule has 0 bridgehead atoms. The topological polar surface area (TPSA) is 52.3 Å². The van der Waals surface area contributed by atoms with Crippen LogP contribution in [-0.2, 0) is 4.74 Å². The standard InChI is InChI=1S/C14H12F3NO3/c1-3-20-14(19)11-10(12(16)17)18-13(21-11)9-6-8(15)5-4-7(9)2/h4-6,12H,3H2,1-2H3. The quantitative estimate of drug-likeness (QED) is 0.803. The molecule has 0 fully saturated rings. The Kier molecular flexibility index (Phi) is 4.30. The number of carbonyl (C=O) groups is 1. The van der Waals surface area contributed by atoms with Crippen molar-refractivity contribution in [3.8, 4) is 11.5 Å². The third kappa shape index (κ3) is 3.07. The van der Waals surface area contributed by atoms with Gasteiger partial charge in [-0.05, 0) is 31.5 Å². The second-order valence-corrected chi connectivity index (χ2v) is 4.21. The number of oxazole rings is 1. The van der Waals surface area contributed by atoms with Gasteiger partial charge in [0.05, 0.1) is 6.61 Å². The number of hydrogen-bond donors (Lipinski definition) is 0. The molecule has 1 aromatic heterocycles. The number of hydrogen-bond acceptors (Lipinski definition) is 4. The number of benzene rings is 1. The van der Waals surface area contributed by atoms with Crippen molar-refractivity contribution >= 4 is 5.97 Å². The Labute approximate surface area is 118 Å². The minimum Gasteiger partial charge on any atom is -0.460 e. The Bertz CT molecular complexity index is 667. The van der Waals surface area contributed by atoms with E-state index < -0.39 is 29.7 Å². The van der Waals surface area contributed by atoms with Crippen LogP contribution in [0.2, 0.25) is 0 Å². The number of alkyl halides is 2. The van der Waals surface area contributed by atoms with E-state index in [2.05, 4.69) is 9.72 Å². The van der Waals surface area contributed by atoms with Gasteiger partial charge < -0.3 is 9.15 Å². The lowest BCUT2D eigenvalue weighted by molar-refractivity contribution is 0.0476. The van der Waals surface area contributed by atoms with Gasteiger partial charge in [0.25, 0.3) is 6.43 Å². The van der Waals surface area contributed by atoms with Crippen LogP contribution in [0.25, 0.3) is 11.5 Å². The molecule has 0 aliphatic carbocycles. The Morgan fingerprint density at radius 3 is 2.76 bits per heavy atom. The second kappa shape index (κ2) is 5.99. The molecule has 1 aromatic carbocycles. The summed E-state index contributed by atoms with van der Waals surface area (Å²) in [5, 5.41) is 0. The first-order chi connectivity index (χ1) is 9.93. The monoisotopic (exact) mass is 299 g/mol. The van der Waals surface area contributed by atoms with Gasteiger partial charge in [0.15, 0.2) is 5.69 Å². The first-order valence-corrected chi connectivity index (χ1v) is 6.16. The molecule has 112 valence electrons. The Hall–Kier alpha value is -2.31. The number of rotatable bonds is 4. The van der Waals surface area contributed by atoms with Crippen LogP contribution < -0.4 is 0 Å². The summed E-state index contributed by atoms with van der Waals surface area (Å²) in [6, 6.07) is 3.79. The summed E-state index contributed by atoms with van der Waals surface area (Å²) >= 11 is 0. The number of nitrogens with zero attached hydrogens (tertiary/aromatic N) is 1. The predicted octanol–water partition coefficient (Wildman–Crippen LogP) is 3.90. The summed E-state index contributed by atoms with van der Waals surface area (Å²) in [4.78, 5) is 15.2. The van der Waals surface area contributed by atoms with Crippen LogP contribution in [0.3, 0.4) is 0 Å². The fourth-order valence-corrected chi connectivity index (χ4v) is 1.76. The van der Waals surface area contributed by atoms with E-state index in [0.717, 1.165) is 6.07 Å². The number of aryl methyl sites for hydroxylation is 1. The molecule has 0 saturated heterocycles. The van der Waals surface area contributed by atoms with Gasteiger partial charge >= 0.3 is 5.97 Å². The van der Waals surface area contributed by atoms with Crippen molar-refractivity contribution in [1.29, 1.82) is 0 Å². The van der Waals surface area contributed by atoms with Gasteiger partial charge in [-0.25, -0.2) is 22.9 Å². The van der Waals surface area contributed by atoms with Crippen molar-refractivity contribution in [2.24, 2.45) is 0 Å². The van der Waals surface area contributed by atoms with Crippen LogP contribution in [0.1, 0.15) is 35.2 Å². The molecule has 0 saturated carbocycles. The fraction of sp³-hybridized carbons (Fsp3) is 0.286. The molecule has 2 aromatic rings. The maximum atomic E-state index is 13.3. The Morgan fingerprint density at radius 1 is 1.43 bits per heavy atom. The van der Waals surface area contributed by atoms with Gasteiger partial charge in [-0.1, -0.05) is 6.07 Å². The number of esters is 1. The summed E-state index contributed by atoms with van der Waals surface area (Å²) in [5.41, 5.74) is -0.0339. The minimum atomic E-state index is -3.00. The zero-order valence-corrected chi connectivity index (χ0v) is 11.3. The number of carbonyl (C=O) groups excluding carboxylic acids is 1. The molecule has 1 heterocycles. The molecular weight excluding hydrogens is 287 g/mol. The molecule has 0 spiro atoms. The normalized spacial score (nSPS) is 11.0. The lowest BCUT2D eigenvalue weighted by Crippen LogP contribution is -2.06. The second-order valence-electron chi connectivity index (χ2n) is 4.21. The Balaban J connectivity index is 2.53. The highest BCUT2D eigenvalue weighted by atomic mass is 19.3. The van der Waals surface area contributed by atoms with Crippen molar-refractivity contribution < 1.29 is 27.1 Å². The summed E-state index contributed by atoms with van der Waals surface area (Å²) in [7, 11) is 0. The average Bonchev–Trinajstić information content (AvgIpc) is 2.87. The summed E-state index contributed by atoms with van der Waals surface area (Å²) < 4.78 is 48.9. The molecule has 2 rings (SSSR count). The molecule has 7 heteroatoms. The Morgan fingerprint density at radius 2 is 2.14 bits per heavy atom. The van der Waals surface area contributed by atoms with E-state index in [1.807, 2.05) is 0 Å². The van der Waals surface area contributed by atoms with E-state index in [-0.39, 0.29) is 18.1 Å². The van der Waals surface area contributed by atoms with Gasteiger partial charge in [-0.2, -0.15) is 0 Å². The summed E-state index contributed by atoms with van der Waals surface area (Å²) in [5.74, 6) is -2.50. The highest BCUT2D eigenvalue weighted by Gasteiger charge is 2.28. The molecular formula is C14H12F3NO3. The SMILES string of the molecule is CCOC(=O)c1oc(-c2cc(F)ccc2C)nc1C(F)F. The molecule has 21 heavy (non-hydrogen) atoms. The smallest absolute Gasteiger partial charge is 0.376 e. The first kappa shape index (κ1) is 15.1. The van der Waals surface area contributed by atoms with Crippen molar-refractivity contribution in [3.63, 3.8) is 0 Å². The van der Waals surface area contributed by atoms with Crippen molar-refractivity contribution in [1.82, 2.24) is 4.98 Å². The highest BCUT2D eigenvalue weighted by molar-refractivity contribution is 5.88. The van der Waals surface area contributed by atoms with Gasteiger partial charge in [-0.15, -0.1) is 0 Å². The van der Waals surface area contributed by atoms with Gasteiger partial charge in [0, 0.05) is 5.56 Å². The van der Waals surface area contributed by atoms with Crippen LogP contribution in [0.5, 0.6) is 0 Å². The van der Waals surface area contributed by atoms with Gasteiger partial charge in [0.1, 0.15) is 5.82 Å². The van der Waals surface area contributed by atoms with Gasteiger partial charge in [0.2, 0.25) is 11.7 Å². The van der Waals surface area contributed by atoms with Crippen molar-refractivity contribution in [2.45, 2.75) is 20.3 Å². The molecule has 0 aliphatic rings. The van der Waals surface area contributed by atoms with E-state index in [1.165, 1.54) is 19.1 Å². The number of aromatic nitrogens is 1. The van der Waals surface area contributed by atoms with Crippen LogP contribution in [0, 0.1) is 12.7 Å². The third-order valence-corrected chi connectivity index (χ3v) is 2.75. The first-order valence-electron chi connectivity index (χ1n) is 6.16. The van der Waals surface area contributed by atoms with Crippen LogP contribution in [-0.4, -0.2) is 17.6 Å². The summed E-state index contributed by atoms with van der Waals surface area (Å²) in [6.45, 7) is 3.19. The van der Waals surface area contributed by atoms with E-state index in [1.54, 1.807) is 6.92 Å². The van der Waals surface area contributed by atoms with Crippen LogP contribution in [0.15, 0.2) is 22.6 Å². The minimum absolute atomic E-state index is 0.0105. The van der Waals surface area contributed by atoms with Crippen LogP contribution in [0.4, 0.5) is 13.2 Å². The number of ether oxygens (including phenoxy) is 1. The van der Waals surface area contributed by atoms with E-state index in [4.69, 9.17) is 4.42 Å². The third-order valence-electron chi connectivity index (χ3n) is 2.75. The molecule has 0 N–H and O–H groups in total. The van der Waals surface area contributed by atoms with E-state index in [9.17, 15) is 18.0 Å². The molecule has 0 aliphatic heterocycles. The lowest BCUT2D eigenvalue weighted by atomic mass is 10.1. The molecule has 0 unspecified atom stereocenters. The van der Waals surface area contributed by atoms with Gasteiger partial charge in [-0.3, -0.25) is 0 Å². The predicted molar refractivity (Wildman–Crippen MR) is 67.5 cm³/mol. The maximum Gasteiger partial charge on any atom is 0.376 e. The molecule has 4 nitrogen and oxygen atoms in total. The number of halogens is 3. The molecule has 0 amide bonds. The van der Waals surface area contributed by atoms with E-state index >= 15 is 0 Å². The summed E-state index contributed by atoms with van der Waals surface area (Å²) in [6.07, 6.45) is -3.00. The largest absolute Gasteiger partial charge is 0.460 e. The van der Waals surface area contributed by atoms with Crippen molar-refractivity contribution in [3.05, 3.63) is 41.0 Å². The molecule has 0 atom stereocenters. The fourth-order valence-electron chi connectivity index (χ4n) is 1.76. The lowest BCUT2D eigenvalue weighted by Gasteiger charge is -2.01. The van der Waals surface area contributed by atoms with E-state index in [0.29, 0.717) is 5.56 Å². The van der Waals surface area contributed by atoms with Crippen molar-refractivity contribution in [2.75, 3.05) is 6.61 Å². The highest BCUT2D eigenvalue weighted by Crippen LogP contribution is 2.30. The zero-order chi connectivity index (χ0) is 15.6. The maximum absolute atomic E-state index is 13.3. The zero-order valence-electron chi connectivity index (χ0n) is 11.3. The molecule has 0 radical (unpaired) electrons. The average molecular weight is 299 g/mol.